The van der Waals surface area contributed by atoms with Crippen LogP contribution in [0.2, 0.25) is 0 Å². The molecule has 2 heterocycles. The van der Waals surface area contributed by atoms with E-state index in [-0.39, 0.29) is 29.0 Å². The summed E-state index contributed by atoms with van der Waals surface area (Å²) in [5.74, 6) is 0.592. The quantitative estimate of drug-likeness (QED) is 0.590. The van der Waals surface area contributed by atoms with E-state index < -0.39 is 10.0 Å². The average molecular weight is 433 g/mol. The Hall–Kier alpha value is -2.82. The van der Waals surface area contributed by atoms with Crippen molar-refractivity contribution in [2.24, 2.45) is 0 Å². The first-order valence-corrected chi connectivity index (χ1v) is 10.8. The minimum Gasteiger partial charge on any atom is -0.484 e. The van der Waals surface area contributed by atoms with Crippen molar-refractivity contribution in [2.45, 2.75) is 18.4 Å². The van der Waals surface area contributed by atoms with E-state index >= 15 is 0 Å². The summed E-state index contributed by atoms with van der Waals surface area (Å²) in [5.41, 5.74) is 1.04. The molecule has 0 aliphatic carbocycles. The molecule has 0 radical (unpaired) electrons. The van der Waals surface area contributed by atoms with E-state index in [1.165, 1.54) is 22.5 Å². The Morgan fingerprint density at radius 3 is 2.57 bits per heavy atom. The summed E-state index contributed by atoms with van der Waals surface area (Å²) in [5, 5.41) is 3.84. The third-order valence-electron chi connectivity index (χ3n) is 4.69. The summed E-state index contributed by atoms with van der Waals surface area (Å²) in [6, 6.07) is 10.8. The lowest BCUT2D eigenvalue weighted by molar-refractivity contribution is 0.0730. The highest BCUT2D eigenvalue weighted by atomic mass is 32.2. The molecule has 0 amide bonds. The first-order valence-electron chi connectivity index (χ1n) is 9.33. The predicted octanol–water partition coefficient (Wildman–Crippen LogP) is 2.78. The van der Waals surface area contributed by atoms with Crippen LogP contribution in [0.5, 0.6) is 5.75 Å². The molecule has 0 atom stereocenters. The zero-order valence-corrected chi connectivity index (χ0v) is 17.1. The van der Waals surface area contributed by atoms with Crippen LogP contribution in [0.15, 0.2) is 51.9 Å². The molecule has 30 heavy (non-hydrogen) atoms. The highest BCUT2D eigenvalue weighted by molar-refractivity contribution is 7.89. The van der Waals surface area contributed by atoms with Crippen LogP contribution in [0.1, 0.15) is 11.5 Å². The lowest BCUT2D eigenvalue weighted by Gasteiger charge is -2.26. The SMILES string of the molecule is Cc1ccc(-c2noc(COc3ccc(S(=O)(=O)N4CCOCC4)cc3)n2)cc1F. The van der Waals surface area contributed by atoms with Crippen LogP contribution < -0.4 is 4.74 Å². The van der Waals surface area contributed by atoms with E-state index in [1.807, 2.05) is 0 Å². The molecular formula is C20H20FN3O5S. The topological polar surface area (TPSA) is 94.8 Å². The van der Waals surface area contributed by atoms with Crippen molar-refractivity contribution in [3.8, 4) is 17.1 Å². The average Bonchev–Trinajstić information content (AvgIpc) is 3.24. The van der Waals surface area contributed by atoms with Crippen LogP contribution in [0.3, 0.4) is 0 Å². The summed E-state index contributed by atoms with van der Waals surface area (Å²) < 4.78 is 56.3. The minimum absolute atomic E-state index is 0.00307. The number of aryl methyl sites for hydroxylation is 1. The van der Waals surface area contributed by atoms with Gasteiger partial charge in [0.2, 0.25) is 15.8 Å². The number of sulfonamides is 1. The van der Waals surface area contributed by atoms with Crippen LogP contribution >= 0.6 is 0 Å². The van der Waals surface area contributed by atoms with Crippen molar-refractivity contribution < 1.29 is 26.8 Å². The zero-order valence-electron chi connectivity index (χ0n) is 16.2. The van der Waals surface area contributed by atoms with Gasteiger partial charge in [-0.1, -0.05) is 17.3 Å². The van der Waals surface area contributed by atoms with Gasteiger partial charge in [0.15, 0.2) is 6.61 Å². The van der Waals surface area contributed by atoms with Crippen LogP contribution in [0.25, 0.3) is 11.4 Å². The Morgan fingerprint density at radius 2 is 1.87 bits per heavy atom. The fraction of sp³-hybridized carbons (Fsp3) is 0.300. The molecule has 0 N–H and O–H groups in total. The van der Waals surface area contributed by atoms with Crippen LogP contribution in [-0.2, 0) is 21.4 Å². The van der Waals surface area contributed by atoms with Gasteiger partial charge in [-0.05, 0) is 42.8 Å². The third-order valence-corrected chi connectivity index (χ3v) is 6.60. The highest BCUT2D eigenvalue weighted by Crippen LogP contribution is 2.22. The number of nitrogens with zero attached hydrogens (tertiary/aromatic N) is 3. The molecule has 0 saturated carbocycles. The van der Waals surface area contributed by atoms with Gasteiger partial charge in [0.05, 0.1) is 18.1 Å². The molecule has 1 aliphatic rings. The molecule has 158 valence electrons. The van der Waals surface area contributed by atoms with Gasteiger partial charge in [-0.15, -0.1) is 0 Å². The maximum atomic E-state index is 13.7. The Bertz CT molecular complexity index is 1130. The number of hydrogen-bond acceptors (Lipinski definition) is 7. The third kappa shape index (κ3) is 4.35. The molecule has 0 unspecified atom stereocenters. The molecule has 1 aliphatic heterocycles. The summed E-state index contributed by atoms with van der Waals surface area (Å²) in [7, 11) is -3.55. The smallest absolute Gasteiger partial charge is 0.264 e. The fourth-order valence-corrected chi connectivity index (χ4v) is 4.36. The van der Waals surface area contributed by atoms with Crippen LogP contribution in [0, 0.1) is 12.7 Å². The van der Waals surface area contributed by atoms with E-state index in [0.29, 0.717) is 43.2 Å². The van der Waals surface area contributed by atoms with Crippen molar-refractivity contribution >= 4 is 10.0 Å². The molecule has 3 aromatic rings. The number of hydrogen-bond donors (Lipinski definition) is 0. The van der Waals surface area contributed by atoms with E-state index in [2.05, 4.69) is 10.1 Å². The molecule has 0 bridgehead atoms. The number of aromatic nitrogens is 2. The Kier molecular flexibility index (Phi) is 5.80. The van der Waals surface area contributed by atoms with Crippen LogP contribution in [-0.4, -0.2) is 49.2 Å². The first kappa shape index (κ1) is 20.5. The van der Waals surface area contributed by atoms with Gasteiger partial charge in [0.25, 0.3) is 5.89 Å². The Balaban J connectivity index is 1.40. The molecule has 0 spiro atoms. The van der Waals surface area contributed by atoms with Crippen LogP contribution in [0.4, 0.5) is 4.39 Å². The minimum atomic E-state index is -3.55. The molecule has 2 aromatic carbocycles. The number of halogens is 1. The summed E-state index contributed by atoms with van der Waals surface area (Å²) in [6.45, 7) is 3.13. The highest BCUT2D eigenvalue weighted by Gasteiger charge is 2.26. The van der Waals surface area contributed by atoms with E-state index in [0.717, 1.165) is 0 Å². The van der Waals surface area contributed by atoms with Crippen molar-refractivity contribution in [2.75, 3.05) is 26.3 Å². The Morgan fingerprint density at radius 1 is 1.13 bits per heavy atom. The van der Waals surface area contributed by atoms with Gasteiger partial charge in [-0.3, -0.25) is 0 Å². The van der Waals surface area contributed by atoms with Crippen molar-refractivity contribution in [3.05, 3.63) is 59.7 Å². The predicted molar refractivity (Wildman–Crippen MR) is 105 cm³/mol. The van der Waals surface area contributed by atoms with Crippen molar-refractivity contribution in [3.63, 3.8) is 0 Å². The molecule has 8 nitrogen and oxygen atoms in total. The lowest BCUT2D eigenvalue weighted by atomic mass is 10.1. The molecular weight excluding hydrogens is 413 g/mol. The van der Waals surface area contributed by atoms with E-state index in [4.69, 9.17) is 14.0 Å². The summed E-state index contributed by atoms with van der Waals surface area (Å²) in [4.78, 5) is 4.39. The normalized spacial score (nSPS) is 15.3. The standard InChI is InChI=1S/C20H20FN3O5S/c1-14-2-3-15(12-18(14)21)20-22-19(29-23-20)13-28-16-4-6-17(7-5-16)30(25,26)24-8-10-27-11-9-24/h2-7,12H,8-11,13H2,1H3. The maximum Gasteiger partial charge on any atom is 0.264 e. The molecule has 1 saturated heterocycles. The lowest BCUT2D eigenvalue weighted by Crippen LogP contribution is -2.40. The number of morpholine rings is 1. The Labute approximate surface area is 173 Å². The van der Waals surface area contributed by atoms with Crippen molar-refractivity contribution in [1.82, 2.24) is 14.4 Å². The second kappa shape index (κ2) is 8.50. The van der Waals surface area contributed by atoms with Gasteiger partial charge in [0.1, 0.15) is 11.6 Å². The largest absolute Gasteiger partial charge is 0.484 e. The van der Waals surface area contributed by atoms with Gasteiger partial charge in [0, 0.05) is 18.7 Å². The van der Waals surface area contributed by atoms with Gasteiger partial charge < -0.3 is 14.0 Å². The summed E-state index contributed by atoms with van der Waals surface area (Å²) >= 11 is 0. The van der Waals surface area contributed by atoms with Gasteiger partial charge >= 0.3 is 0 Å². The second-order valence-electron chi connectivity index (χ2n) is 6.75. The van der Waals surface area contributed by atoms with E-state index in [1.54, 1.807) is 31.2 Å². The molecule has 4 rings (SSSR count). The maximum absolute atomic E-state index is 13.7. The van der Waals surface area contributed by atoms with Gasteiger partial charge in [-0.2, -0.15) is 9.29 Å². The zero-order chi connectivity index (χ0) is 21.1. The molecule has 1 aromatic heterocycles. The number of benzene rings is 2. The fourth-order valence-electron chi connectivity index (χ4n) is 2.95. The molecule has 10 heteroatoms. The second-order valence-corrected chi connectivity index (χ2v) is 8.69. The monoisotopic (exact) mass is 433 g/mol. The number of ether oxygens (including phenoxy) is 2. The summed E-state index contributed by atoms with van der Waals surface area (Å²) in [6.07, 6.45) is 0. The van der Waals surface area contributed by atoms with Crippen molar-refractivity contribution in [1.29, 1.82) is 0 Å². The number of rotatable bonds is 6. The first-order chi connectivity index (χ1) is 14.4. The van der Waals surface area contributed by atoms with Gasteiger partial charge in [-0.25, -0.2) is 12.8 Å². The molecule has 1 fully saturated rings. The van der Waals surface area contributed by atoms with E-state index in [9.17, 15) is 12.8 Å².